The van der Waals surface area contributed by atoms with E-state index in [9.17, 15) is 0 Å². The largest absolute Gasteiger partial charge is 0.481 e. The SMILES string of the molecule is COc1ccc(Cc2noc(-c3scc(C)c3N)n2)cn1. The van der Waals surface area contributed by atoms with E-state index in [0.29, 0.717) is 29.7 Å². The van der Waals surface area contributed by atoms with Crippen LogP contribution in [0, 0.1) is 6.92 Å². The molecule has 0 saturated heterocycles. The highest BCUT2D eigenvalue weighted by Crippen LogP contribution is 2.33. The van der Waals surface area contributed by atoms with Crippen LogP contribution in [0.2, 0.25) is 0 Å². The van der Waals surface area contributed by atoms with Crippen molar-refractivity contribution >= 4 is 17.0 Å². The molecule has 0 bridgehead atoms. The van der Waals surface area contributed by atoms with Crippen LogP contribution >= 0.6 is 11.3 Å². The van der Waals surface area contributed by atoms with Gasteiger partial charge in [0.2, 0.25) is 5.88 Å². The molecule has 3 rings (SSSR count). The van der Waals surface area contributed by atoms with Crippen LogP contribution in [0.3, 0.4) is 0 Å². The van der Waals surface area contributed by atoms with Crippen molar-refractivity contribution in [2.45, 2.75) is 13.3 Å². The topological polar surface area (TPSA) is 87.1 Å². The summed E-state index contributed by atoms with van der Waals surface area (Å²) in [6.07, 6.45) is 2.28. The third kappa shape index (κ3) is 2.73. The van der Waals surface area contributed by atoms with Crippen molar-refractivity contribution in [2.75, 3.05) is 12.8 Å². The predicted octanol–water partition coefficient (Wildman–Crippen LogP) is 2.68. The van der Waals surface area contributed by atoms with Gasteiger partial charge in [-0.2, -0.15) is 4.98 Å². The molecule has 0 aromatic carbocycles. The fourth-order valence-corrected chi connectivity index (χ4v) is 2.75. The number of nitrogens with zero attached hydrogens (tertiary/aromatic N) is 3. The molecule has 0 unspecified atom stereocenters. The molecule has 0 atom stereocenters. The van der Waals surface area contributed by atoms with Crippen LogP contribution in [-0.2, 0) is 6.42 Å². The molecule has 0 aliphatic heterocycles. The third-order valence-electron chi connectivity index (χ3n) is 3.05. The van der Waals surface area contributed by atoms with Gasteiger partial charge in [0.15, 0.2) is 5.82 Å². The molecule has 3 aromatic rings. The fraction of sp³-hybridized carbons (Fsp3) is 0.214. The van der Waals surface area contributed by atoms with Crippen molar-refractivity contribution in [1.82, 2.24) is 15.1 Å². The summed E-state index contributed by atoms with van der Waals surface area (Å²) in [5.74, 6) is 1.64. The van der Waals surface area contributed by atoms with Crippen molar-refractivity contribution in [3.05, 3.63) is 40.7 Å². The molecule has 0 aliphatic rings. The number of pyridine rings is 1. The standard InChI is InChI=1S/C14H14N4O2S/c1-8-7-21-13(12(8)15)14-17-10(18-20-14)5-9-3-4-11(19-2)16-6-9/h3-4,6-7H,5,15H2,1-2H3. The van der Waals surface area contributed by atoms with E-state index < -0.39 is 0 Å². The van der Waals surface area contributed by atoms with Gasteiger partial charge in [-0.15, -0.1) is 11.3 Å². The first-order valence-electron chi connectivity index (χ1n) is 6.33. The molecule has 0 radical (unpaired) electrons. The van der Waals surface area contributed by atoms with Gasteiger partial charge in [-0.25, -0.2) is 4.98 Å². The van der Waals surface area contributed by atoms with Crippen LogP contribution in [0.25, 0.3) is 10.8 Å². The number of ether oxygens (including phenoxy) is 1. The molecule has 0 spiro atoms. The Hall–Kier alpha value is -2.41. The molecule has 0 aliphatic carbocycles. The summed E-state index contributed by atoms with van der Waals surface area (Å²) in [5, 5.41) is 5.96. The van der Waals surface area contributed by atoms with Gasteiger partial charge in [-0.05, 0) is 23.4 Å². The molecule has 108 valence electrons. The van der Waals surface area contributed by atoms with Gasteiger partial charge in [0.1, 0.15) is 4.88 Å². The van der Waals surface area contributed by atoms with Gasteiger partial charge < -0.3 is 15.0 Å². The Bertz CT molecular complexity index is 749. The average Bonchev–Trinajstić information content (AvgIpc) is 3.08. The first kappa shape index (κ1) is 13.6. The molecule has 7 heteroatoms. The molecule has 0 amide bonds. The van der Waals surface area contributed by atoms with E-state index in [2.05, 4.69) is 15.1 Å². The first-order valence-corrected chi connectivity index (χ1v) is 7.20. The lowest BCUT2D eigenvalue weighted by Gasteiger charge is -1.99. The van der Waals surface area contributed by atoms with Crippen molar-refractivity contribution < 1.29 is 9.26 Å². The molecule has 21 heavy (non-hydrogen) atoms. The maximum Gasteiger partial charge on any atom is 0.270 e. The lowest BCUT2D eigenvalue weighted by atomic mass is 10.2. The summed E-state index contributed by atoms with van der Waals surface area (Å²) >= 11 is 1.50. The minimum atomic E-state index is 0.460. The van der Waals surface area contributed by atoms with E-state index in [1.807, 2.05) is 18.4 Å². The zero-order chi connectivity index (χ0) is 14.8. The number of hydrogen-bond acceptors (Lipinski definition) is 7. The summed E-state index contributed by atoms with van der Waals surface area (Å²) in [4.78, 5) is 9.35. The second kappa shape index (κ2) is 5.53. The van der Waals surface area contributed by atoms with Crippen LogP contribution in [0.15, 0.2) is 28.2 Å². The predicted molar refractivity (Wildman–Crippen MR) is 80.4 cm³/mol. The van der Waals surface area contributed by atoms with Crippen LogP contribution in [0.1, 0.15) is 17.0 Å². The maximum atomic E-state index is 5.99. The van der Waals surface area contributed by atoms with Crippen LogP contribution < -0.4 is 10.5 Å². The minimum absolute atomic E-state index is 0.460. The van der Waals surface area contributed by atoms with E-state index in [4.69, 9.17) is 15.0 Å². The second-order valence-electron chi connectivity index (χ2n) is 4.56. The van der Waals surface area contributed by atoms with Gasteiger partial charge >= 0.3 is 0 Å². The highest BCUT2D eigenvalue weighted by atomic mass is 32.1. The van der Waals surface area contributed by atoms with Gasteiger partial charge in [0, 0.05) is 18.7 Å². The molecule has 6 nitrogen and oxygen atoms in total. The fourth-order valence-electron chi connectivity index (χ4n) is 1.86. The number of thiophene rings is 1. The van der Waals surface area contributed by atoms with Crippen LogP contribution in [-0.4, -0.2) is 22.2 Å². The Morgan fingerprint density at radius 1 is 1.38 bits per heavy atom. The maximum absolute atomic E-state index is 5.99. The zero-order valence-electron chi connectivity index (χ0n) is 11.7. The third-order valence-corrected chi connectivity index (χ3v) is 4.16. The molecular formula is C14H14N4O2S. The number of nitrogens with two attached hydrogens (primary N) is 1. The Balaban J connectivity index is 1.80. The van der Waals surface area contributed by atoms with E-state index in [0.717, 1.165) is 16.0 Å². The van der Waals surface area contributed by atoms with E-state index >= 15 is 0 Å². The molecule has 0 saturated carbocycles. The Morgan fingerprint density at radius 2 is 2.24 bits per heavy atom. The number of hydrogen-bond donors (Lipinski definition) is 1. The van der Waals surface area contributed by atoms with Crippen LogP contribution in [0.4, 0.5) is 5.69 Å². The summed E-state index contributed by atoms with van der Waals surface area (Å²) in [7, 11) is 1.58. The lowest BCUT2D eigenvalue weighted by Crippen LogP contribution is -1.93. The summed E-state index contributed by atoms with van der Waals surface area (Å²) in [6, 6.07) is 3.72. The molecule has 0 fully saturated rings. The van der Waals surface area contributed by atoms with Crippen molar-refractivity contribution in [3.63, 3.8) is 0 Å². The van der Waals surface area contributed by atoms with Gasteiger partial charge in [-0.3, -0.25) is 0 Å². The molecular weight excluding hydrogens is 288 g/mol. The van der Waals surface area contributed by atoms with E-state index in [1.54, 1.807) is 19.4 Å². The number of rotatable bonds is 4. The Labute approximate surface area is 125 Å². The van der Waals surface area contributed by atoms with Gasteiger partial charge in [0.05, 0.1) is 12.8 Å². The number of aryl methyl sites for hydroxylation is 1. The molecule has 3 aromatic heterocycles. The quantitative estimate of drug-likeness (QED) is 0.797. The summed E-state index contributed by atoms with van der Waals surface area (Å²) < 4.78 is 10.3. The Morgan fingerprint density at radius 3 is 2.86 bits per heavy atom. The van der Waals surface area contributed by atoms with Gasteiger partial charge in [0.25, 0.3) is 5.89 Å². The normalized spacial score (nSPS) is 10.8. The smallest absolute Gasteiger partial charge is 0.270 e. The lowest BCUT2D eigenvalue weighted by molar-refractivity contribution is 0.397. The zero-order valence-corrected chi connectivity index (χ0v) is 12.5. The van der Waals surface area contributed by atoms with E-state index in [1.165, 1.54) is 11.3 Å². The monoisotopic (exact) mass is 302 g/mol. The highest BCUT2D eigenvalue weighted by molar-refractivity contribution is 7.14. The summed E-state index contributed by atoms with van der Waals surface area (Å²) in [5.41, 5.74) is 8.69. The number of nitrogen functional groups attached to an aromatic ring is 1. The minimum Gasteiger partial charge on any atom is -0.481 e. The van der Waals surface area contributed by atoms with Crippen LogP contribution in [0.5, 0.6) is 5.88 Å². The van der Waals surface area contributed by atoms with Crippen molar-refractivity contribution in [2.24, 2.45) is 0 Å². The molecule has 3 heterocycles. The Kier molecular flexibility index (Phi) is 3.57. The number of anilines is 1. The van der Waals surface area contributed by atoms with Crippen molar-refractivity contribution in [1.29, 1.82) is 0 Å². The van der Waals surface area contributed by atoms with Crippen molar-refractivity contribution in [3.8, 4) is 16.6 Å². The second-order valence-corrected chi connectivity index (χ2v) is 5.44. The number of methoxy groups -OCH3 is 1. The highest BCUT2D eigenvalue weighted by Gasteiger charge is 2.15. The summed E-state index contributed by atoms with van der Waals surface area (Å²) in [6.45, 7) is 1.95. The van der Waals surface area contributed by atoms with Gasteiger partial charge in [-0.1, -0.05) is 11.2 Å². The molecule has 2 N–H and O–H groups in total. The number of aromatic nitrogens is 3. The van der Waals surface area contributed by atoms with E-state index in [-0.39, 0.29) is 0 Å². The average molecular weight is 302 g/mol. The first-order chi connectivity index (χ1) is 10.2.